The molecule has 21 heavy (non-hydrogen) atoms. The number of nitrogens with one attached hydrogen (secondary N) is 3. The summed E-state index contributed by atoms with van der Waals surface area (Å²) in [6.07, 6.45) is 4.80. The van der Waals surface area contributed by atoms with Crippen LogP contribution >= 0.6 is 0 Å². The van der Waals surface area contributed by atoms with Crippen LogP contribution in [0.5, 0.6) is 0 Å². The fourth-order valence-corrected chi connectivity index (χ4v) is 3.99. The van der Waals surface area contributed by atoms with Crippen LogP contribution in [-0.2, 0) is 21.3 Å². The molecule has 2 unspecified atom stereocenters. The summed E-state index contributed by atoms with van der Waals surface area (Å²) in [6, 6.07) is 0.378. The summed E-state index contributed by atoms with van der Waals surface area (Å²) in [5.74, 6) is 0.232. The first-order valence-electron chi connectivity index (χ1n) is 7.42. The van der Waals surface area contributed by atoms with Crippen LogP contribution in [0.3, 0.4) is 0 Å². The number of rotatable bonds is 7. The summed E-state index contributed by atoms with van der Waals surface area (Å²) in [5.41, 5.74) is 0.685. The third kappa shape index (κ3) is 3.63. The maximum absolute atomic E-state index is 12.5. The van der Waals surface area contributed by atoms with E-state index >= 15 is 0 Å². The Balaban J connectivity index is 1.67. The van der Waals surface area contributed by atoms with Gasteiger partial charge in [0.15, 0.2) is 5.03 Å². The normalized spacial score (nSPS) is 24.3. The Morgan fingerprint density at radius 2 is 2.29 bits per heavy atom. The molecule has 0 radical (unpaired) electrons. The van der Waals surface area contributed by atoms with E-state index in [1.54, 1.807) is 6.20 Å². The summed E-state index contributed by atoms with van der Waals surface area (Å²) in [7, 11) is -3.58. The second-order valence-corrected chi connectivity index (χ2v) is 7.56. The average molecular weight is 314 g/mol. The molecule has 2 atom stereocenters. The minimum absolute atomic E-state index is 0.148. The number of hydrogen-bond donors (Lipinski definition) is 3. The fraction of sp³-hybridized carbons (Fsp3) is 0.769. The highest BCUT2D eigenvalue weighted by atomic mass is 32.2. The molecule has 0 spiro atoms. The van der Waals surface area contributed by atoms with Crippen LogP contribution < -0.4 is 10.0 Å². The zero-order valence-corrected chi connectivity index (χ0v) is 12.9. The van der Waals surface area contributed by atoms with Gasteiger partial charge in [0.1, 0.15) is 0 Å². The number of nitrogens with zero attached hydrogens (tertiary/aromatic N) is 1. The van der Waals surface area contributed by atoms with Gasteiger partial charge in [0.2, 0.25) is 0 Å². The second-order valence-electron chi connectivity index (χ2n) is 5.91. The third-order valence-corrected chi connectivity index (χ3v) is 5.69. The Morgan fingerprint density at radius 1 is 1.48 bits per heavy atom. The maximum Gasteiger partial charge on any atom is 0.258 e. The molecule has 1 aromatic heterocycles. The van der Waals surface area contributed by atoms with E-state index < -0.39 is 10.0 Å². The number of sulfonamides is 1. The van der Waals surface area contributed by atoms with Gasteiger partial charge in [-0.1, -0.05) is 0 Å². The molecule has 0 amide bonds. The largest absolute Gasteiger partial charge is 0.381 e. The SMILES string of the molecule is CC(NS(=O)(=O)c1[nH]ncc1CNC1CC1)C1CCOC1. The maximum atomic E-state index is 12.5. The molecule has 0 bridgehead atoms. The first-order chi connectivity index (χ1) is 10.1. The molecule has 2 heterocycles. The molecule has 118 valence electrons. The Morgan fingerprint density at radius 3 is 2.95 bits per heavy atom. The standard InChI is InChI=1S/C13H22N4O3S/c1-9(10-4-5-20-8-10)17-21(18,19)13-11(7-15-16-13)6-14-12-2-3-12/h7,9-10,12,14,17H,2-6,8H2,1H3,(H,15,16). The Hall–Kier alpha value is -0.960. The molecule has 3 rings (SSSR count). The van der Waals surface area contributed by atoms with Gasteiger partial charge in [0, 0.05) is 36.7 Å². The molecule has 2 aliphatic rings. The van der Waals surface area contributed by atoms with E-state index in [0.717, 1.165) is 19.3 Å². The van der Waals surface area contributed by atoms with Crippen molar-refractivity contribution in [2.24, 2.45) is 5.92 Å². The van der Waals surface area contributed by atoms with Crippen molar-refractivity contribution in [3.8, 4) is 0 Å². The van der Waals surface area contributed by atoms with E-state index in [0.29, 0.717) is 31.4 Å². The van der Waals surface area contributed by atoms with Gasteiger partial charge in [0.25, 0.3) is 10.0 Å². The Bertz CT molecular complexity index is 576. The van der Waals surface area contributed by atoms with Crippen LogP contribution in [0.4, 0.5) is 0 Å². The summed E-state index contributed by atoms with van der Waals surface area (Å²) >= 11 is 0. The lowest BCUT2D eigenvalue weighted by molar-refractivity contribution is 0.180. The highest BCUT2D eigenvalue weighted by molar-refractivity contribution is 7.89. The molecular weight excluding hydrogens is 292 g/mol. The van der Waals surface area contributed by atoms with Gasteiger partial charge in [-0.2, -0.15) is 5.10 Å². The molecule has 1 aliphatic carbocycles. The average Bonchev–Trinajstić information content (AvgIpc) is 2.95. The summed E-state index contributed by atoms with van der Waals surface area (Å²) < 4.78 is 33.0. The predicted molar refractivity (Wildman–Crippen MR) is 77.2 cm³/mol. The molecular formula is C13H22N4O3S. The summed E-state index contributed by atoms with van der Waals surface area (Å²) in [6.45, 7) is 3.73. The summed E-state index contributed by atoms with van der Waals surface area (Å²) in [4.78, 5) is 0. The lowest BCUT2D eigenvalue weighted by Crippen LogP contribution is -2.39. The molecule has 3 N–H and O–H groups in total. The monoisotopic (exact) mass is 314 g/mol. The second kappa shape index (κ2) is 6.04. The molecule has 1 aliphatic heterocycles. The number of aromatic nitrogens is 2. The topological polar surface area (TPSA) is 96.1 Å². The van der Waals surface area contributed by atoms with Gasteiger partial charge in [-0.25, -0.2) is 13.1 Å². The van der Waals surface area contributed by atoms with Crippen molar-refractivity contribution in [1.82, 2.24) is 20.2 Å². The van der Waals surface area contributed by atoms with Crippen LogP contribution in [0, 0.1) is 5.92 Å². The number of aromatic amines is 1. The lowest BCUT2D eigenvalue weighted by atomic mass is 10.0. The Labute approximate surface area is 124 Å². The van der Waals surface area contributed by atoms with E-state index in [2.05, 4.69) is 20.2 Å². The molecule has 1 aromatic rings. The fourth-order valence-electron chi connectivity index (χ4n) is 2.55. The van der Waals surface area contributed by atoms with Crippen LogP contribution in [-0.4, -0.2) is 43.9 Å². The lowest BCUT2D eigenvalue weighted by Gasteiger charge is -2.19. The van der Waals surface area contributed by atoms with Crippen molar-refractivity contribution < 1.29 is 13.2 Å². The van der Waals surface area contributed by atoms with Crippen molar-refractivity contribution in [2.75, 3.05) is 13.2 Å². The zero-order valence-electron chi connectivity index (χ0n) is 12.1. The smallest absolute Gasteiger partial charge is 0.258 e. The van der Waals surface area contributed by atoms with Gasteiger partial charge >= 0.3 is 0 Å². The minimum atomic E-state index is -3.58. The van der Waals surface area contributed by atoms with Crippen LogP contribution in [0.1, 0.15) is 31.7 Å². The highest BCUT2D eigenvalue weighted by Crippen LogP contribution is 2.22. The molecule has 8 heteroatoms. The van der Waals surface area contributed by atoms with Crippen molar-refractivity contribution >= 4 is 10.0 Å². The molecule has 2 fully saturated rings. The first kappa shape index (κ1) is 15.0. The molecule has 1 saturated heterocycles. The molecule has 1 saturated carbocycles. The molecule has 0 aromatic carbocycles. The number of hydrogen-bond acceptors (Lipinski definition) is 5. The third-order valence-electron chi connectivity index (χ3n) is 4.12. The van der Waals surface area contributed by atoms with Gasteiger partial charge < -0.3 is 10.1 Å². The quantitative estimate of drug-likeness (QED) is 0.675. The van der Waals surface area contributed by atoms with E-state index in [1.807, 2.05) is 6.92 Å². The molecule has 7 nitrogen and oxygen atoms in total. The minimum Gasteiger partial charge on any atom is -0.381 e. The first-order valence-corrected chi connectivity index (χ1v) is 8.90. The summed E-state index contributed by atoms with van der Waals surface area (Å²) in [5, 5.41) is 9.97. The highest BCUT2D eigenvalue weighted by Gasteiger charge is 2.29. The van der Waals surface area contributed by atoms with Gasteiger partial charge in [0.05, 0.1) is 12.8 Å². The van der Waals surface area contributed by atoms with Gasteiger partial charge in [-0.3, -0.25) is 5.10 Å². The predicted octanol–water partition coefficient (Wildman–Crippen LogP) is 0.365. The van der Waals surface area contributed by atoms with Crippen LogP contribution in [0.2, 0.25) is 0 Å². The van der Waals surface area contributed by atoms with E-state index in [4.69, 9.17) is 4.74 Å². The van der Waals surface area contributed by atoms with E-state index in [9.17, 15) is 8.42 Å². The van der Waals surface area contributed by atoms with Gasteiger partial charge in [-0.15, -0.1) is 0 Å². The van der Waals surface area contributed by atoms with Crippen LogP contribution in [0.15, 0.2) is 11.2 Å². The van der Waals surface area contributed by atoms with Crippen molar-refractivity contribution in [2.45, 2.75) is 49.8 Å². The number of H-pyrrole nitrogens is 1. The zero-order chi connectivity index (χ0) is 14.9. The van der Waals surface area contributed by atoms with Gasteiger partial charge in [-0.05, 0) is 26.2 Å². The van der Waals surface area contributed by atoms with E-state index in [-0.39, 0.29) is 17.0 Å². The van der Waals surface area contributed by atoms with Crippen molar-refractivity contribution in [3.05, 3.63) is 11.8 Å². The Kier molecular flexibility index (Phi) is 4.30. The van der Waals surface area contributed by atoms with E-state index in [1.165, 1.54) is 0 Å². The number of ether oxygens (including phenoxy) is 1. The van der Waals surface area contributed by atoms with Crippen molar-refractivity contribution in [3.63, 3.8) is 0 Å². The van der Waals surface area contributed by atoms with Crippen molar-refractivity contribution in [1.29, 1.82) is 0 Å². The van der Waals surface area contributed by atoms with Crippen LogP contribution in [0.25, 0.3) is 0 Å².